The van der Waals surface area contributed by atoms with Crippen LogP contribution in [0.4, 0.5) is 22.0 Å². The van der Waals surface area contributed by atoms with Crippen molar-refractivity contribution in [3.8, 4) is 0 Å². The van der Waals surface area contributed by atoms with Crippen LogP contribution in [0.3, 0.4) is 0 Å². The lowest BCUT2D eigenvalue weighted by Gasteiger charge is -2.31. The fourth-order valence-electron chi connectivity index (χ4n) is 2.39. The summed E-state index contributed by atoms with van der Waals surface area (Å²) in [5.74, 6) is -10.3. The fourth-order valence-corrected chi connectivity index (χ4v) is 2.39. The molecule has 2 nitrogen and oxygen atoms in total. The molecule has 1 aromatic rings. The molecular formula is C11H11BF5NO. The Balaban J connectivity index is 2.61. The number of benzene rings is 1. The number of aliphatic hydroxyl groups is 1. The van der Waals surface area contributed by atoms with Gasteiger partial charge in [0.15, 0.2) is 31.1 Å². The third-order valence-corrected chi connectivity index (χ3v) is 3.45. The van der Waals surface area contributed by atoms with Crippen LogP contribution < -0.4 is 5.32 Å². The minimum atomic E-state index is -2.23. The van der Waals surface area contributed by atoms with Gasteiger partial charge in [0, 0.05) is 6.04 Å². The Morgan fingerprint density at radius 3 is 1.89 bits per heavy atom. The SMILES string of the molecule is B[C@@](O)(c1c(F)c(F)c(F)c(F)c1F)[C@@H]1CCCN1. The van der Waals surface area contributed by atoms with E-state index >= 15 is 0 Å². The highest BCUT2D eigenvalue weighted by molar-refractivity contribution is 6.15. The molecule has 0 amide bonds. The molecule has 2 rings (SSSR count). The quantitative estimate of drug-likeness (QED) is 0.365. The largest absolute Gasteiger partial charge is 0.393 e. The van der Waals surface area contributed by atoms with Crippen LogP contribution in [0.1, 0.15) is 18.4 Å². The monoisotopic (exact) mass is 279 g/mol. The molecule has 104 valence electrons. The van der Waals surface area contributed by atoms with Gasteiger partial charge in [0.2, 0.25) is 5.82 Å². The fraction of sp³-hybridized carbons (Fsp3) is 0.455. The van der Waals surface area contributed by atoms with Crippen molar-refractivity contribution in [1.82, 2.24) is 5.32 Å². The Morgan fingerprint density at radius 1 is 1.00 bits per heavy atom. The Bertz CT molecular complexity index is 487. The number of halogens is 5. The lowest BCUT2D eigenvalue weighted by molar-refractivity contribution is 0.0783. The molecule has 0 bridgehead atoms. The molecule has 0 aliphatic carbocycles. The van der Waals surface area contributed by atoms with Crippen LogP contribution in [0, 0.1) is 29.1 Å². The molecule has 0 radical (unpaired) electrons. The van der Waals surface area contributed by atoms with E-state index in [0.717, 1.165) is 7.85 Å². The summed E-state index contributed by atoms with van der Waals surface area (Å²) in [6.45, 7) is 0.510. The van der Waals surface area contributed by atoms with Gasteiger partial charge >= 0.3 is 0 Å². The lowest BCUT2D eigenvalue weighted by atomic mass is 9.69. The van der Waals surface area contributed by atoms with E-state index in [1.54, 1.807) is 0 Å². The molecule has 0 aromatic heterocycles. The molecule has 1 heterocycles. The molecule has 0 saturated carbocycles. The third-order valence-electron chi connectivity index (χ3n) is 3.45. The highest BCUT2D eigenvalue weighted by atomic mass is 19.2. The van der Waals surface area contributed by atoms with Gasteiger partial charge in [0.25, 0.3) is 0 Å². The van der Waals surface area contributed by atoms with Gasteiger partial charge in [0.05, 0.1) is 11.1 Å². The predicted octanol–water partition coefficient (Wildman–Crippen LogP) is 0.912. The molecule has 2 N–H and O–H groups in total. The molecule has 1 aliphatic rings. The van der Waals surface area contributed by atoms with Crippen LogP contribution in [-0.4, -0.2) is 25.5 Å². The summed E-state index contributed by atoms with van der Waals surface area (Å²) in [6.07, 6.45) is 1.03. The second-order valence-corrected chi connectivity index (χ2v) is 4.74. The Morgan fingerprint density at radius 2 is 1.47 bits per heavy atom. The number of rotatable bonds is 2. The Labute approximate surface area is 107 Å². The molecule has 0 unspecified atom stereocenters. The molecule has 0 spiro atoms. The first kappa shape index (κ1) is 14.3. The van der Waals surface area contributed by atoms with Crippen molar-refractivity contribution in [2.24, 2.45) is 0 Å². The Kier molecular flexibility index (Phi) is 3.57. The van der Waals surface area contributed by atoms with Crippen molar-refractivity contribution in [3.63, 3.8) is 0 Å². The van der Waals surface area contributed by atoms with Crippen molar-refractivity contribution in [3.05, 3.63) is 34.6 Å². The lowest BCUT2D eigenvalue weighted by Crippen LogP contribution is -2.47. The van der Waals surface area contributed by atoms with E-state index in [1.165, 1.54) is 0 Å². The molecule has 1 fully saturated rings. The van der Waals surface area contributed by atoms with E-state index in [0.29, 0.717) is 19.4 Å². The first-order valence-corrected chi connectivity index (χ1v) is 5.76. The maximum atomic E-state index is 13.6. The van der Waals surface area contributed by atoms with E-state index in [4.69, 9.17) is 0 Å². The molecule has 19 heavy (non-hydrogen) atoms. The van der Waals surface area contributed by atoms with Gasteiger partial charge in [-0.3, -0.25) is 0 Å². The van der Waals surface area contributed by atoms with Crippen molar-refractivity contribution in [2.45, 2.75) is 24.4 Å². The normalized spacial score (nSPS) is 22.5. The standard InChI is InChI=1S/C11H11BF5NO/c12-11(19,4-2-1-3-18-4)5-6(13)8(15)10(17)9(16)7(5)14/h4,18-19H,1-3,12H2/t4-,11-/m0/s1. The molecule has 1 saturated heterocycles. The van der Waals surface area contributed by atoms with Gasteiger partial charge in [-0.15, -0.1) is 0 Å². The van der Waals surface area contributed by atoms with Gasteiger partial charge in [-0.05, 0) is 19.4 Å². The summed E-state index contributed by atoms with van der Waals surface area (Å²) in [4.78, 5) is 0. The van der Waals surface area contributed by atoms with E-state index < -0.39 is 46.2 Å². The van der Waals surface area contributed by atoms with Crippen molar-refractivity contribution in [1.29, 1.82) is 0 Å². The highest BCUT2D eigenvalue weighted by Gasteiger charge is 2.42. The zero-order chi connectivity index (χ0) is 14.4. The summed E-state index contributed by atoms with van der Waals surface area (Å²) in [6, 6.07) is -0.763. The summed E-state index contributed by atoms with van der Waals surface area (Å²) < 4.78 is 66.5. The van der Waals surface area contributed by atoms with Crippen LogP contribution in [0.2, 0.25) is 0 Å². The second kappa shape index (κ2) is 4.75. The van der Waals surface area contributed by atoms with Crippen LogP contribution in [0.15, 0.2) is 0 Å². The minimum Gasteiger partial charge on any atom is -0.393 e. The molecule has 1 aliphatic heterocycles. The number of hydrogen-bond donors (Lipinski definition) is 2. The topological polar surface area (TPSA) is 32.3 Å². The van der Waals surface area contributed by atoms with E-state index in [-0.39, 0.29) is 0 Å². The highest BCUT2D eigenvalue weighted by Crippen LogP contribution is 2.34. The van der Waals surface area contributed by atoms with Gasteiger partial charge in [-0.25, -0.2) is 22.0 Å². The van der Waals surface area contributed by atoms with Crippen molar-refractivity contribution in [2.75, 3.05) is 6.54 Å². The van der Waals surface area contributed by atoms with E-state index in [1.807, 2.05) is 0 Å². The minimum absolute atomic E-state index is 0.381. The van der Waals surface area contributed by atoms with Crippen LogP contribution in [-0.2, 0) is 5.50 Å². The van der Waals surface area contributed by atoms with Crippen molar-refractivity contribution < 1.29 is 27.1 Å². The van der Waals surface area contributed by atoms with Gasteiger partial charge < -0.3 is 10.4 Å². The third kappa shape index (κ3) is 2.12. The summed E-state index contributed by atoms with van der Waals surface area (Å²) in [5.41, 5.74) is -3.37. The van der Waals surface area contributed by atoms with E-state index in [9.17, 15) is 27.1 Å². The second-order valence-electron chi connectivity index (χ2n) is 4.74. The molecular weight excluding hydrogens is 268 g/mol. The summed E-state index contributed by atoms with van der Waals surface area (Å²) in [7, 11) is 1.04. The Hall–Kier alpha value is -1.15. The molecule has 1 aromatic carbocycles. The first-order chi connectivity index (χ1) is 8.78. The summed E-state index contributed by atoms with van der Waals surface area (Å²) in [5, 5.41) is 13.0. The van der Waals surface area contributed by atoms with Crippen molar-refractivity contribution >= 4 is 7.85 Å². The van der Waals surface area contributed by atoms with E-state index in [2.05, 4.69) is 5.32 Å². The molecule has 2 atom stereocenters. The smallest absolute Gasteiger partial charge is 0.200 e. The van der Waals surface area contributed by atoms with Crippen LogP contribution in [0.5, 0.6) is 0 Å². The average molecular weight is 279 g/mol. The zero-order valence-corrected chi connectivity index (χ0v) is 10.0. The van der Waals surface area contributed by atoms with Crippen LogP contribution >= 0.6 is 0 Å². The predicted molar refractivity (Wildman–Crippen MR) is 59.7 cm³/mol. The van der Waals surface area contributed by atoms with Gasteiger partial charge in [0.1, 0.15) is 0 Å². The first-order valence-electron chi connectivity index (χ1n) is 5.76. The summed E-state index contributed by atoms with van der Waals surface area (Å²) >= 11 is 0. The number of hydrogen-bond acceptors (Lipinski definition) is 2. The maximum Gasteiger partial charge on any atom is 0.200 e. The number of nitrogens with one attached hydrogen (secondary N) is 1. The average Bonchev–Trinajstić information content (AvgIpc) is 2.88. The molecule has 8 heteroatoms. The zero-order valence-electron chi connectivity index (χ0n) is 10.0. The van der Waals surface area contributed by atoms with Gasteiger partial charge in [-0.1, -0.05) is 0 Å². The maximum absolute atomic E-state index is 13.6. The van der Waals surface area contributed by atoms with Gasteiger partial charge in [-0.2, -0.15) is 0 Å². The van der Waals surface area contributed by atoms with Crippen LogP contribution in [0.25, 0.3) is 0 Å².